The lowest BCUT2D eigenvalue weighted by molar-refractivity contribution is 0.313. The predicted octanol–water partition coefficient (Wildman–Crippen LogP) is 4.50. The Bertz CT molecular complexity index is 421. The van der Waals surface area contributed by atoms with Crippen molar-refractivity contribution in [1.82, 2.24) is 0 Å². The largest absolute Gasteiger partial charge is 0.492 e. The summed E-state index contributed by atoms with van der Waals surface area (Å²) >= 11 is 12.2. The van der Waals surface area contributed by atoms with Crippen LogP contribution in [0.1, 0.15) is 32.3 Å². The summed E-state index contributed by atoms with van der Waals surface area (Å²) in [7, 11) is 0. The molecule has 2 nitrogen and oxygen atoms in total. The summed E-state index contributed by atoms with van der Waals surface area (Å²) in [5, 5.41) is 1.25. The average molecular weight is 289 g/mol. The fourth-order valence-electron chi connectivity index (χ4n) is 2.00. The summed E-state index contributed by atoms with van der Waals surface area (Å²) in [5.41, 5.74) is 1.07. The topological polar surface area (TPSA) is 21.8 Å². The number of ether oxygens (including phenoxy) is 2. The first-order chi connectivity index (χ1) is 8.61. The minimum Gasteiger partial charge on any atom is -0.492 e. The van der Waals surface area contributed by atoms with Crippen LogP contribution in [-0.4, -0.2) is 18.8 Å². The highest BCUT2D eigenvalue weighted by molar-refractivity contribution is 6.35. The number of hydrogen-bond acceptors (Lipinski definition) is 2. The Kier molecular flexibility index (Phi) is 4.77. The van der Waals surface area contributed by atoms with Crippen LogP contribution in [0.4, 0.5) is 0 Å². The Morgan fingerprint density at radius 2 is 2.06 bits per heavy atom. The zero-order chi connectivity index (χ0) is 13.1. The van der Waals surface area contributed by atoms with E-state index in [4.69, 9.17) is 32.7 Å². The molecule has 1 heterocycles. The highest BCUT2D eigenvalue weighted by atomic mass is 35.5. The summed E-state index contributed by atoms with van der Waals surface area (Å²) in [6.45, 7) is 4.83. The second kappa shape index (κ2) is 6.14. The van der Waals surface area contributed by atoms with Crippen LogP contribution in [0.15, 0.2) is 12.1 Å². The van der Waals surface area contributed by atoms with Gasteiger partial charge in [0.05, 0.1) is 23.8 Å². The van der Waals surface area contributed by atoms with E-state index in [9.17, 15) is 0 Å². The van der Waals surface area contributed by atoms with Crippen molar-refractivity contribution >= 4 is 23.2 Å². The van der Waals surface area contributed by atoms with Gasteiger partial charge in [0.15, 0.2) is 0 Å². The minimum absolute atomic E-state index is 0.377. The van der Waals surface area contributed by atoms with E-state index in [1.807, 2.05) is 6.07 Å². The third-order valence-corrected chi connectivity index (χ3v) is 3.57. The molecule has 1 saturated heterocycles. The molecule has 0 amide bonds. The van der Waals surface area contributed by atoms with Gasteiger partial charge in [-0.05, 0) is 43.9 Å². The van der Waals surface area contributed by atoms with E-state index in [2.05, 4.69) is 13.8 Å². The molecule has 2 rings (SSSR count). The van der Waals surface area contributed by atoms with Gasteiger partial charge >= 0.3 is 0 Å². The molecule has 1 aliphatic heterocycles. The number of halogens is 2. The quantitative estimate of drug-likeness (QED) is 0.719. The molecule has 1 aliphatic rings. The Labute approximate surface area is 118 Å². The van der Waals surface area contributed by atoms with Crippen LogP contribution in [0.3, 0.4) is 0 Å². The summed E-state index contributed by atoms with van der Waals surface area (Å²) < 4.78 is 11.1. The maximum atomic E-state index is 6.19. The van der Waals surface area contributed by atoms with Crippen molar-refractivity contribution in [1.29, 1.82) is 0 Å². The molecule has 0 N–H and O–H groups in total. The van der Waals surface area contributed by atoms with Gasteiger partial charge in [0.1, 0.15) is 5.75 Å². The second-order valence-corrected chi connectivity index (χ2v) is 5.49. The molecule has 4 heteroatoms. The normalized spacial score (nSPS) is 22.0. The van der Waals surface area contributed by atoms with Crippen LogP contribution in [-0.2, 0) is 11.2 Å². The molecule has 1 aromatic rings. The molecule has 2 unspecified atom stereocenters. The fraction of sp³-hybridized carbons (Fsp3) is 0.571. The smallest absolute Gasteiger partial charge is 0.141 e. The molecule has 18 heavy (non-hydrogen) atoms. The zero-order valence-corrected chi connectivity index (χ0v) is 12.2. The first-order valence-corrected chi connectivity index (χ1v) is 7.13. The van der Waals surface area contributed by atoms with Crippen molar-refractivity contribution in [2.45, 2.75) is 45.3 Å². The number of rotatable bonds is 6. The number of benzene rings is 1. The molecule has 1 fully saturated rings. The Morgan fingerprint density at radius 1 is 1.33 bits per heavy atom. The summed E-state index contributed by atoms with van der Waals surface area (Å²) in [4.78, 5) is 0. The first-order valence-electron chi connectivity index (χ1n) is 6.38. The first kappa shape index (κ1) is 14.0. The maximum absolute atomic E-state index is 6.19. The molecule has 1 aromatic carbocycles. The van der Waals surface area contributed by atoms with E-state index >= 15 is 0 Å². The minimum atomic E-state index is 0.377. The van der Waals surface area contributed by atoms with Crippen molar-refractivity contribution in [2.75, 3.05) is 6.61 Å². The Morgan fingerprint density at radius 3 is 2.67 bits per heavy atom. The fourth-order valence-corrected chi connectivity index (χ4v) is 2.59. The third-order valence-electron chi connectivity index (χ3n) is 3.07. The summed E-state index contributed by atoms with van der Waals surface area (Å²) in [6, 6.07) is 3.67. The maximum Gasteiger partial charge on any atom is 0.141 e. The summed E-state index contributed by atoms with van der Waals surface area (Å²) in [6.07, 6.45) is 3.59. The number of aryl methyl sites for hydroxylation is 1. The van der Waals surface area contributed by atoms with E-state index < -0.39 is 0 Å². The van der Waals surface area contributed by atoms with Gasteiger partial charge in [0.25, 0.3) is 0 Å². The van der Waals surface area contributed by atoms with Gasteiger partial charge in [0.2, 0.25) is 0 Å². The van der Waals surface area contributed by atoms with E-state index in [-0.39, 0.29) is 0 Å². The van der Waals surface area contributed by atoms with Crippen molar-refractivity contribution in [3.63, 3.8) is 0 Å². The number of hydrogen-bond donors (Lipinski definition) is 0. The van der Waals surface area contributed by atoms with Gasteiger partial charge in [-0.2, -0.15) is 0 Å². The SMILES string of the molecule is CCCOc1c(Cl)cc(Cl)cc1CCC1OC1C. The average Bonchev–Trinajstić information content (AvgIpc) is 3.01. The summed E-state index contributed by atoms with van der Waals surface area (Å²) in [5.74, 6) is 0.774. The third kappa shape index (κ3) is 3.53. The molecule has 0 radical (unpaired) electrons. The van der Waals surface area contributed by atoms with Gasteiger partial charge in [-0.25, -0.2) is 0 Å². The van der Waals surface area contributed by atoms with Crippen LogP contribution < -0.4 is 4.74 Å². The number of epoxide rings is 1. The van der Waals surface area contributed by atoms with Crippen LogP contribution >= 0.6 is 23.2 Å². The highest BCUT2D eigenvalue weighted by Crippen LogP contribution is 2.35. The van der Waals surface area contributed by atoms with Gasteiger partial charge in [-0.1, -0.05) is 30.1 Å². The van der Waals surface area contributed by atoms with Crippen LogP contribution in [0.2, 0.25) is 10.0 Å². The van der Waals surface area contributed by atoms with Gasteiger partial charge in [-0.15, -0.1) is 0 Å². The molecule has 0 aromatic heterocycles. The van der Waals surface area contributed by atoms with E-state index in [0.29, 0.717) is 28.9 Å². The monoisotopic (exact) mass is 288 g/mol. The molecule has 0 saturated carbocycles. The van der Waals surface area contributed by atoms with Crippen molar-refractivity contribution in [3.05, 3.63) is 27.7 Å². The lowest BCUT2D eigenvalue weighted by Gasteiger charge is -2.13. The van der Waals surface area contributed by atoms with Gasteiger partial charge < -0.3 is 9.47 Å². The van der Waals surface area contributed by atoms with E-state index in [1.54, 1.807) is 6.07 Å². The van der Waals surface area contributed by atoms with E-state index in [1.165, 1.54) is 0 Å². The predicted molar refractivity (Wildman–Crippen MR) is 74.9 cm³/mol. The van der Waals surface area contributed by atoms with Crippen molar-refractivity contribution < 1.29 is 9.47 Å². The lowest BCUT2D eigenvalue weighted by atomic mass is 10.1. The second-order valence-electron chi connectivity index (χ2n) is 4.64. The van der Waals surface area contributed by atoms with Crippen molar-refractivity contribution in [2.24, 2.45) is 0 Å². The molecule has 100 valence electrons. The van der Waals surface area contributed by atoms with Gasteiger partial charge in [0, 0.05) is 5.02 Å². The van der Waals surface area contributed by atoms with Crippen LogP contribution in [0.5, 0.6) is 5.75 Å². The molecular formula is C14H18Cl2O2. The Balaban J connectivity index is 2.09. The molecule has 2 atom stereocenters. The molecule has 0 spiro atoms. The van der Waals surface area contributed by atoms with Crippen LogP contribution in [0.25, 0.3) is 0 Å². The highest BCUT2D eigenvalue weighted by Gasteiger charge is 2.33. The van der Waals surface area contributed by atoms with E-state index in [0.717, 1.165) is 30.6 Å². The zero-order valence-electron chi connectivity index (χ0n) is 10.7. The molecule has 0 aliphatic carbocycles. The standard InChI is InChI=1S/C14H18Cl2O2/c1-3-6-17-14-10(4-5-13-9(2)18-13)7-11(15)8-12(14)16/h7-9,13H,3-6H2,1-2H3. The molecular weight excluding hydrogens is 271 g/mol. The lowest BCUT2D eigenvalue weighted by Crippen LogP contribution is -2.02. The van der Waals surface area contributed by atoms with Crippen molar-refractivity contribution in [3.8, 4) is 5.75 Å². The van der Waals surface area contributed by atoms with Gasteiger partial charge in [-0.3, -0.25) is 0 Å². The Hall–Kier alpha value is -0.440. The molecule has 0 bridgehead atoms. The van der Waals surface area contributed by atoms with Crippen LogP contribution in [0, 0.1) is 0 Å².